The van der Waals surface area contributed by atoms with E-state index >= 15 is 0 Å². The van der Waals surface area contributed by atoms with Crippen LogP contribution in [-0.2, 0) is 6.54 Å². The van der Waals surface area contributed by atoms with Gasteiger partial charge in [0.15, 0.2) is 5.82 Å². The van der Waals surface area contributed by atoms with Crippen molar-refractivity contribution in [3.8, 4) is 11.5 Å². The number of benzene rings is 1. The Labute approximate surface area is 275 Å². The lowest BCUT2D eigenvalue weighted by atomic mass is 10.1. The standard InChI is InChI=1S/C31H39IN8O3S/c1-5-39-11-13-40(14-12-39)10-6-9-33-16-21-7-8-25(34-17-21)37-30-29-28(35-19-36-30)22(18-44-29)31(41)38-27-20(2)23(42-3)15-24(43-4)26(27)32/h7-8,15,17-19,33H,5-6,9-14,16H2,1-4H3,(H,38,41)(H,34,35,36,37). The third kappa shape index (κ3) is 7.57. The molecule has 234 valence electrons. The van der Waals surface area contributed by atoms with Gasteiger partial charge in [0.05, 0.1) is 39.3 Å². The molecule has 13 heteroatoms. The number of likely N-dealkylation sites (N-methyl/N-ethyl adjacent to an activating group) is 1. The second kappa shape index (κ2) is 15.3. The van der Waals surface area contributed by atoms with Crippen molar-refractivity contribution in [2.45, 2.75) is 26.8 Å². The predicted molar refractivity (Wildman–Crippen MR) is 185 cm³/mol. The van der Waals surface area contributed by atoms with E-state index in [0.717, 1.165) is 52.0 Å². The van der Waals surface area contributed by atoms with Crippen LogP contribution in [0.4, 0.5) is 17.3 Å². The van der Waals surface area contributed by atoms with E-state index in [1.165, 1.54) is 43.8 Å². The molecule has 1 fully saturated rings. The Morgan fingerprint density at radius 3 is 2.55 bits per heavy atom. The molecule has 1 amide bonds. The van der Waals surface area contributed by atoms with Gasteiger partial charge in [-0.2, -0.15) is 0 Å². The molecule has 0 atom stereocenters. The van der Waals surface area contributed by atoms with E-state index in [1.807, 2.05) is 25.3 Å². The van der Waals surface area contributed by atoms with Crippen molar-refractivity contribution in [2.24, 2.45) is 0 Å². The highest BCUT2D eigenvalue weighted by Gasteiger charge is 2.21. The van der Waals surface area contributed by atoms with Crippen molar-refractivity contribution in [2.75, 3.05) is 70.7 Å². The second-order valence-electron chi connectivity index (χ2n) is 10.6. The van der Waals surface area contributed by atoms with Crippen molar-refractivity contribution >= 4 is 67.4 Å². The molecule has 1 saturated heterocycles. The van der Waals surface area contributed by atoms with Gasteiger partial charge in [0.2, 0.25) is 0 Å². The van der Waals surface area contributed by atoms with Gasteiger partial charge < -0.3 is 35.2 Å². The number of aromatic nitrogens is 3. The summed E-state index contributed by atoms with van der Waals surface area (Å²) in [6.45, 7) is 12.9. The Morgan fingerprint density at radius 1 is 1.07 bits per heavy atom. The van der Waals surface area contributed by atoms with Gasteiger partial charge in [-0.15, -0.1) is 11.3 Å². The number of anilines is 3. The Balaban J connectivity index is 1.18. The molecule has 0 bridgehead atoms. The third-order valence-corrected chi connectivity index (χ3v) is 9.91. The number of nitrogens with zero attached hydrogens (tertiary/aromatic N) is 5. The van der Waals surface area contributed by atoms with Crippen LogP contribution in [0.3, 0.4) is 0 Å². The van der Waals surface area contributed by atoms with Crippen LogP contribution in [0.15, 0.2) is 36.1 Å². The molecule has 44 heavy (non-hydrogen) atoms. The highest BCUT2D eigenvalue weighted by Crippen LogP contribution is 2.39. The molecule has 0 radical (unpaired) electrons. The highest BCUT2D eigenvalue weighted by atomic mass is 127. The number of halogens is 1. The van der Waals surface area contributed by atoms with Gasteiger partial charge in [-0.3, -0.25) is 4.79 Å². The Hall–Kier alpha value is -3.11. The average Bonchev–Trinajstić information content (AvgIpc) is 3.49. The number of ether oxygens (including phenoxy) is 2. The van der Waals surface area contributed by atoms with E-state index in [0.29, 0.717) is 39.9 Å². The van der Waals surface area contributed by atoms with Crippen LogP contribution in [0.5, 0.6) is 11.5 Å². The summed E-state index contributed by atoms with van der Waals surface area (Å²) in [7, 11) is 3.18. The molecule has 0 spiro atoms. The Kier molecular flexibility index (Phi) is 11.2. The average molecular weight is 731 g/mol. The first-order valence-corrected chi connectivity index (χ1v) is 16.7. The maximum atomic E-state index is 13.4. The lowest BCUT2D eigenvalue weighted by Crippen LogP contribution is -2.46. The van der Waals surface area contributed by atoms with E-state index < -0.39 is 0 Å². The maximum Gasteiger partial charge on any atom is 0.258 e. The number of carbonyl (C=O) groups excluding carboxylic acids is 1. The number of carbonyl (C=O) groups is 1. The van der Waals surface area contributed by atoms with E-state index in [4.69, 9.17) is 9.47 Å². The van der Waals surface area contributed by atoms with Gasteiger partial charge in [0.25, 0.3) is 5.91 Å². The zero-order valence-corrected chi connectivity index (χ0v) is 28.5. The number of rotatable bonds is 13. The number of hydrogen-bond acceptors (Lipinski definition) is 11. The molecular weight excluding hydrogens is 691 g/mol. The number of methoxy groups -OCH3 is 2. The fourth-order valence-corrected chi connectivity index (χ4v) is 7.07. The van der Waals surface area contributed by atoms with Crippen LogP contribution in [0.25, 0.3) is 10.2 Å². The molecule has 0 unspecified atom stereocenters. The molecule has 4 heterocycles. The first-order chi connectivity index (χ1) is 21.4. The molecule has 4 aromatic rings. The van der Waals surface area contributed by atoms with Crippen LogP contribution >= 0.6 is 33.9 Å². The smallest absolute Gasteiger partial charge is 0.258 e. The van der Waals surface area contributed by atoms with Gasteiger partial charge >= 0.3 is 0 Å². The molecule has 5 rings (SSSR count). The molecule has 3 N–H and O–H groups in total. The number of fused-ring (bicyclic) bond motifs is 1. The van der Waals surface area contributed by atoms with Crippen molar-refractivity contribution < 1.29 is 14.3 Å². The number of hydrogen-bond donors (Lipinski definition) is 3. The molecule has 1 aliphatic heterocycles. The molecule has 0 aliphatic carbocycles. The number of amides is 1. The summed E-state index contributed by atoms with van der Waals surface area (Å²) >= 11 is 3.58. The van der Waals surface area contributed by atoms with Crippen LogP contribution in [-0.4, -0.2) is 90.7 Å². The van der Waals surface area contributed by atoms with E-state index in [-0.39, 0.29) is 5.91 Å². The van der Waals surface area contributed by atoms with E-state index in [1.54, 1.807) is 19.6 Å². The normalized spacial score (nSPS) is 14.1. The van der Waals surface area contributed by atoms with Crippen LogP contribution in [0.1, 0.15) is 34.8 Å². The molecular formula is C31H39IN8O3S. The van der Waals surface area contributed by atoms with Gasteiger partial charge in [0, 0.05) is 55.9 Å². The monoisotopic (exact) mass is 730 g/mol. The SMILES string of the molecule is CCN1CCN(CCCNCc2ccc(Nc3ncnc4c(C(=O)Nc5c(C)c(OC)cc(OC)c5I)csc34)nc2)CC1. The summed E-state index contributed by atoms with van der Waals surface area (Å²) in [6.07, 6.45) is 4.47. The van der Waals surface area contributed by atoms with Crippen molar-refractivity contribution in [1.82, 2.24) is 30.1 Å². The minimum Gasteiger partial charge on any atom is -0.496 e. The minimum absolute atomic E-state index is 0.272. The number of nitrogens with one attached hydrogen (secondary N) is 3. The topological polar surface area (TPSA) is 117 Å². The largest absolute Gasteiger partial charge is 0.496 e. The maximum absolute atomic E-state index is 13.4. The molecule has 11 nitrogen and oxygen atoms in total. The van der Waals surface area contributed by atoms with Gasteiger partial charge in [-0.25, -0.2) is 15.0 Å². The first kappa shape index (κ1) is 32.3. The number of pyridine rings is 1. The summed E-state index contributed by atoms with van der Waals surface area (Å²) in [4.78, 5) is 32.0. The fraction of sp³-hybridized carbons (Fsp3) is 0.419. The van der Waals surface area contributed by atoms with Crippen LogP contribution < -0.4 is 25.4 Å². The minimum atomic E-state index is -0.272. The third-order valence-electron chi connectivity index (χ3n) is 7.86. The Morgan fingerprint density at radius 2 is 1.84 bits per heavy atom. The zero-order chi connectivity index (χ0) is 31.1. The highest BCUT2D eigenvalue weighted by molar-refractivity contribution is 14.1. The quantitative estimate of drug-likeness (QED) is 0.126. The van der Waals surface area contributed by atoms with Crippen molar-refractivity contribution in [3.63, 3.8) is 0 Å². The summed E-state index contributed by atoms with van der Waals surface area (Å²) in [5.74, 6) is 2.26. The molecule has 0 saturated carbocycles. The molecule has 1 aromatic carbocycles. The molecule has 3 aromatic heterocycles. The summed E-state index contributed by atoms with van der Waals surface area (Å²) in [5.41, 5.74) is 3.61. The fourth-order valence-electron chi connectivity index (χ4n) is 5.21. The predicted octanol–water partition coefficient (Wildman–Crippen LogP) is 5.13. The second-order valence-corrected chi connectivity index (χ2v) is 12.5. The zero-order valence-electron chi connectivity index (χ0n) is 25.6. The number of thiophene rings is 1. The van der Waals surface area contributed by atoms with Crippen molar-refractivity contribution in [1.29, 1.82) is 0 Å². The van der Waals surface area contributed by atoms with Gasteiger partial charge in [-0.1, -0.05) is 13.0 Å². The van der Waals surface area contributed by atoms with Crippen LogP contribution in [0.2, 0.25) is 0 Å². The van der Waals surface area contributed by atoms with Gasteiger partial charge in [-0.05, 0) is 67.2 Å². The number of piperazine rings is 1. The van der Waals surface area contributed by atoms with Crippen LogP contribution in [0, 0.1) is 10.5 Å². The first-order valence-electron chi connectivity index (χ1n) is 14.7. The van der Waals surface area contributed by atoms with Gasteiger partial charge in [0.1, 0.15) is 23.6 Å². The van der Waals surface area contributed by atoms with E-state index in [9.17, 15) is 4.79 Å². The molecule has 1 aliphatic rings. The summed E-state index contributed by atoms with van der Waals surface area (Å²) in [5, 5.41) is 11.7. The van der Waals surface area contributed by atoms with E-state index in [2.05, 4.69) is 76.3 Å². The Bertz CT molecular complexity index is 1550. The summed E-state index contributed by atoms with van der Waals surface area (Å²) < 4.78 is 12.5. The lowest BCUT2D eigenvalue weighted by molar-refractivity contribution is 0.102. The van der Waals surface area contributed by atoms with Crippen molar-refractivity contribution in [3.05, 3.63) is 56.4 Å². The lowest BCUT2D eigenvalue weighted by Gasteiger charge is -2.33. The summed E-state index contributed by atoms with van der Waals surface area (Å²) in [6, 6.07) is 5.82.